The maximum atomic E-state index is 13.8. The number of para-hydroxylation sites is 2. The van der Waals surface area contributed by atoms with Gasteiger partial charge in [0.1, 0.15) is 0 Å². The van der Waals surface area contributed by atoms with Crippen molar-refractivity contribution in [1.82, 2.24) is 10.2 Å². The first-order chi connectivity index (χ1) is 26.0. The number of nitrogens with zero attached hydrogens (tertiary/aromatic N) is 1. The molecule has 2 heterocycles. The molecule has 0 radical (unpaired) electrons. The Morgan fingerprint density at radius 3 is 2.22 bits per heavy atom. The van der Waals surface area contributed by atoms with E-state index in [1.807, 2.05) is 69.3 Å². The number of amides is 3. The largest absolute Gasteiger partial charge is 0.397 e. The summed E-state index contributed by atoms with van der Waals surface area (Å²) in [6.45, 7) is 6.68. The molecule has 0 aromatic heterocycles. The van der Waals surface area contributed by atoms with Gasteiger partial charge in [0.15, 0.2) is 6.29 Å². The van der Waals surface area contributed by atoms with Gasteiger partial charge in [-0.25, -0.2) is 0 Å². The maximum absolute atomic E-state index is 13.8. The van der Waals surface area contributed by atoms with Crippen LogP contribution in [0.3, 0.4) is 0 Å². The number of rotatable bonds is 12. The van der Waals surface area contributed by atoms with E-state index in [9.17, 15) is 19.5 Å². The van der Waals surface area contributed by atoms with Gasteiger partial charge in [-0.2, -0.15) is 0 Å². The molecule has 11 nitrogen and oxygen atoms in total. The van der Waals surface area contributed by atoms with Crippen LogP contribution in [0.2, 0.25) is 0 Å². The second-order valence-corrected chi connectivity index (χ2v) is 16.2. The lowest BCUT2D eigenvalue weighted by molar-refractivity contribution is -0.255. The van der Waals surface area contributed by atoms with Crippen molar-refractivity contribution in [2.45, 2.75) is 128 Å². The minimum absolute atomic E-state index is 0.0300. The molecule has 1 saturated carbocycles. The summed E-state index contributed by atoms with van der Waals surface area (Å²) < 4.78 is 13.4. The standard InChI is InChI=1S/C43H57N5O6/c1-43(2,3)47-41(52)37-24-21-29-9-4-7-12-36(29)48(37)26-33-25-38(30-17-15-28(27-49)16-18-30)54-42(53-33)31-19-22-32(23-20-31)45-39(50)13-8-14-40(51)46-35-11-6-5-10-34(35)44/h5-6,10-11,15-20,22-23,29,33,36-38,42,49H,4,7-9,12-14,21,24-27,44H2,1-3H3,(H,45,50)(H,46,51)(H,47,52)/t29-,33-,36-,37-,38+,42+/m1/s1. The van der Waals surface area contributed by atoms with E-state index >= 15 is 0 Å². The van der Waals surface area contributed by atoms with Crippen molar-refractivity contribution in [1.29, 1.82) is 0 Å². The zero-order valence-corrected chi connectivity index (χ0v) is 31.9. The van der Waals surface area contributed by atoms with Crippen LogP contribution in [0.25, 0.3) is 0 Å². The fraction of sp³-hybridized carbons (Fsp3) is 0.512. The fourth-order valence-corrected chi connectivity index (χ4v) is 8.18. The Morgan fingerprint density at radius 1 is 0.833 bits per heavy atom. The molecule has 6 atom stereocenters. The Labute approximate surface area is 319 Å². The summed E-state index contributed by atoms with van der Waals surface area (Å²) in [4.78, 5) is 41.3. The zero-order chi connectivity index (χ0) is 38.2. The van der Waals surface area contributed by atoms with Crippen LogP contribution in [0.4, 0.5) is 17.1 Å². The van der Waals surface area contributed by atoms with Gasteiger partial charge in [-0.1, -0.05) is 61.4 Å². The van der Waals surface area contributed by atoms with Crippen molar-refractivity contribution >= 4 is 34.8 Å². The van der Waals surface area contributed by atoms with Gasteiger partial charge in [-0.15, -0.1) is 0 Å². The first-order valence-electron chi connectivity index (χ1n) is 19.6. The molecule has 2 saturated heterocycles. The third-order valence-electron chi connectivity index (χ3n) is 10.8. The summed E-state index contributed by atoms with van der Waals surface area (Å²) >= 11 is 0. The maximum Gasteiger partial charge on any atom is 0.237 e. The molecule has 3 amide bonds. The Hall–Kier alpha value is -4.29. The molecule has 2 aliphatic heterocycles. The molecule has 54 heavy (non-hydrogen) atoms. The first-order valence-corrected chi connectivity index (χ1v) is 19.6. The van der Waals surface area contributed by atoms with Crippen molar-refractivity contribution in [2.75, 3.05) is 22.9 Å². The lowest BCUT2D eigenvalue weighted by Crippen LogP contribution is -2.61. The molecule has 6 rings (SSSR count). The summed E-state index contributed by atoms with van der Waals surface area (Å²) in [6.07, 6.45) is 6.90. The van der Waals surface area contributed by atoms with E-state index < -0.39 is 6.29 Å². The smallest absolute Gasteiger partial charge is 0.237 e. The van der Waals surface area contributed by atoms with Crippen LogP contribution >= 0.6 is 0 Å². The number of nitrogens with one attached hydrogen (secondary N) is 3. The number of nitrogens with two attached hydrogens (primary N) is 1. The number of ether oxygens (including phenoxy) is 2. The highest BCUT2D eigenvalue weighted by molar-refractivity contribution is 5.94. The SMILES string of the molecule is CC(C)(C)NC(=O)[C@H]1CC[C@H]2CCCC[C@H]2N1C[C@H]1C[C@@H](c2ccc(CO)cc2)O[C@@H](c2ccc(NC(=O)CCCC(=O)Nc3ccccc3N)cc2)O1. The van der Waals surface area contributed by atoms with Crippen LogP contribution < -0.4 is 21.7 Å². The fourth-order valence-electron chi connectivity index (χ4n) is 8.18. The quantitative estimate of drug-likeness (QED) is 0.125. The number of aliphatic hydroxyl groups excluding tert-OH is 1. The average Bonchev–Trinajstić information content (AvgIpc) is 3.15. The average molecular weight is 740 g/mol. The van der Waals surface area contributed by atoms with E-state index in [4.69, 9.17) is 15.2 Å². The Morgan fingerprint density at radius 2 is 1.52 bits per heavy atom. The van der Waals surface area contributed by atoms with E-state index in [0.29, 0.717) is 48.4 Å². The highest BCUT2D eigenvalue weighted by Crippen LogP contribution is 2.42. The monoisotopic (exact) mass is 739 g/mol. The minimum Gasteiger partial charge on any atom is -0.397 e. The van der Waals surface area contributed by atoms with Gasteiger partial charge in [0, 0.05) is 48.6 Å². The lowest BCUT2D eigenvalue weighted by atomic mass is 9.75. The van der Waals surface area contributed by atoms with E-state index in [0.717, 1.165) is 36.0 Å². The van der Waals surface area contributed by atoms with Gasteiger partial charge in [0.2, 0.25) is 17.7 Å². The van der Waals surface area contributed by atoms with Crippen molar-refractivity contribution in [3.05, 3.63) is 89.5 Å². The van der Waals surface area contributed by atoms with Gasteiger partial charge in [-0.05, 0) is 94.2 Å². The molecule has 0 unspecified atom stereocenters. The minimum atomic E-state index is -0.665. The molecule has 3 aliphatic rings. The van der Waals surface area contributed by atoms with Crippen LogP contribution in [0.15, 0.2) is 72.8 Å². The number of carbonyl (C=O) groups is 3. The predicted molar refractivity (Wildman–Crippen MR) is 210 cm³/mol. The van der Waals surface area contributed by atoms with Crippen molar-refractivity contribution < 1.29 is 29.0 Å². The number of aliphatic hydroxyl groups is 1. The molecule has 0 spiro atoms. The number of hydrogen-bond acceptors (Lipinski definition) is 8. The third-order valence-corrected chi connectivity index (χ3v) is 10.8. The molecule has 11 heteroatoms. The van der Waals surface area contributed by atoms with E-state index in [-0.39, 0.29) is 61.0 Å². The second-order valence-electron chi connectivity index (χ2n) is 16.2. The summed E-state index contributed by atoms with van der Waals surface area (Å²) in [5.74, 6) is 0.299. The van der Waals surface area contributed by atoms with Crippen molar-refractivity contribution in [3.63, 3.8) is 0 Å². The second kappa shape index (κ2) is 17.9. The number of hydrogen-bond donors (Lipinski definition) is 5. The highest BCUT2D eigenvalue weighted by atomic mass is 16.7. The number of carbonyl (C=O) groups excluding carboxylic acids is 3. The van der Waals surface area contributed by atoms with Crippen molar-refractivity contribution in [3.8, 4) is 0 Å². The molecule has 3 aromatic rings. The Bertz CT molecular complexity index is 1730. The lowest BCUT2D eigenvalue weighted by Gasteiger charge is -2.50. The van der Waals surface area contributed by atoms with Gasteiger partial charge in [0.05, 0.1) is 36.2 Å². The van der Waals surface area contributed by atoms with Gasteiger partial charge in [0.25, 0.3) is 0 Å². The summed E-state index contributed by atoms with van der Waals surface area (Å²) in [7, 11) is 0. The van der Waals surface area contributed by atoms with Gasteiger partial charge >= 0.3 is 0 Å². The zero-order valence-electron chi connectivity index (χ0n) is 31.9. The van der Waals surface area contributed by atoms with E-state index in [1.165, 1.54) is 19.3 Å². The van der Waals surface area contributed by atoms with Crippen LogP contribution in [0.5, 0.6) is 0 Å². The molecule has 6 N–H and O–H groups in total. The van der Waals surface area contributed by atoms with Gasteiger partial charge < -0.3 is 36.3 Å². The molecule has 3 fully saturated rings. The number of benzene rings is 3. The van der Waals surface area contributed by atoms with E-state index in [1.54, 1.807) is 24.3 Å². The summed E-state index contributed by atoms with van der Waals surface area (Å²) in [6, 6.07) is 22.5. The normalized spacial score (nSPS) is 24.6. The number of piperidine rings is 1. The predicted octanol–water partition coefficient (Wildman–Crippen LogP) is 6.99. The molecule has 0 bridgehead atoms. The number of nitrogen functional groups attached to an aromatic ring is 1. The van der Waals surface area contributed by atoms with Crippen LogP contribution in [0, 0.1) is 5.92 Å². The van der Waals surface area contributed by atoms with Crippen molar-refractivity contribution in [2.24, 2.45) is 5.92 Å². The third kappa shape index (κ3) is 10.5. The highest BCUT2D eigenvalue weighted by Gasteiger charge is 2.44. The molecule has 290 valence electrons. The molecule has 1 aliphatic carbocycles. The summed E-state index contributed by atoms with van der Waals surface area (Å²) in [5, 5.41) is 18.6. The Kier molecular flexibility index (Phi) is 13.1. The molecule has 3 aromatic carbocycles. The Balaban J connectivity index is 1.13. The first kappa shape index (κ1) is 39.4. The number of anilines is 3. The molecular weight excluding hydrogens is 683 g/mol. The van der Waals surface area contributed by atoms with E-state index in [2.05, 4.69) is 20.9 Å². The topological polar surface area (TPSA) is 155 Å². The number of fused-ring (bicyclic) bond motifs is 1. The van der Waals surface area contributed by atoms with Gasteiger partial charge in [-0.3, -0.25) is 19.3 Å². The molecular formula is C43H57N5O6. The van der Waals surface area contributed by atoms with Crippen LogP contribution in [0.1, 0.15) is 114 Å². The van der Waals surface area contributed by atoms with Crippen LogP contribution in [-0.2, 0) is 30.5 Å². The van der Waals surface area contributed by atoms with Crippen LogP contribution in [-0.4, -0.2) is 58.0 Å². The summed E-state index contributed by atoms with van der Waals surface area (Å²) in [5.41, 5.74) is 9.95. The number of likely N-dealkylation sites (tertiary alicyclic amines) is 1.